The van der Waals surface area contributed by atoms with E-state index < -0.39 is 12.1 Å². The Balaban J connectivity index is 1.83. The molecule has 2 N–H and O–H groups in total. The maximum absolute atomic E-state index is 12.3. The Morgan fingerprint density at radius 1 is 1.25 bits per heavy atom. The summed E-state index contributed by atoms with van der Waals surface area (Å²) in [5.41, 5.74) is 0.595. The molecule has 0 radical (unpaired) electrons. The molecule has 0 saturated carbocycles. The SMILES string of the molecule is CC1Oc2ccccc2N(CC(=O)NCCCCCC(=O)O)C1=O. The molecule has 0 saturated heterocycles. The van der Waals surface area contributed by atoms with Gasteiger partial charge in [-0.05, 0) is 31.9 Å². The van der Waals surface area contributed by atoms with Crippen LogP contribution in [0.3, 0.4) is 0 Å². The van der Waals surface area contributed by atoms with E-state index in [2.05, 4.69) is 5.32 Å². The molecule has 1 heterocycles. The summed E-state index contributed by atoms with van der Waals surface area (Å²) in [5, 5.41) is 11.3. The van der Waals surface area contributed by atoms with E-state index in [0.29, 0.717) is 30.8 Å². The van der Waals surface area contributed by atoms with Gasteiger partial charge in [-0.1, -0.05) is 18.6 Å². The number of amides is 2. The predicted molar refractivity (Wildman–Crippen MR) is 88.0 cm³/mol. The number of para-hydroxylation sites is 2. The van der Waals surface area contributed by atoms with Crippen LogP contribution in [0, 0.1) is 0 Å². The lowest BCUT2D eigenvalue weighted by atomic mass is 10.2. The summed E-state index contributed by atoms with van der Waals surface area (Å²) >= 11 is 0. The first kappa shape index (κ1) is 17.8. The molecule has 1 unspecified atom stereocenters. The minimum absolute atomic E-state index is 0.0569. The Hall–Kier alpha value is -2.57. The van der Waals surface area contributed by atoms with E-state index in [0.717, 1.165) is 6.42 Å². The third-order valence-corrected chi connectivity index (χ3v) is 3.76. The van der Waals surface area contributed by atoms with E-state index in [9.17, 15) is 14.4 Å². The number of nitrogens with one attached hydrogen (secondary N) is 1. The first-order chi connectivity index (χ1) is 11.5. The third-order valence-electron chi connectivity index (χ3n) is 3.76. The highest BCUT2D eigenvalue weighted by atomic mass is 16.5. The number of nitrogens with zero attached hydrogens (tertiary/aromatic N) is 1. The quantitative estimate of drug-likeness (QED) is 0.703. The lowest BCUT2D eigenvalue weighted by molar-refractivity contribution is -0.137. The second-order valence-corrected chi connectivity index (χ2v) is 5.71. The Kier molecular flexibility index (Phi) is 6.17. The van der Waals surface area contributed by atoms with Crippen LogP contribution in [0.5, 0.6) is 5.75 Å². The van der Waals surface area contributed by atoms with Crippen molar-refractivity contribution in [2.75, 3.05) is 18.0 Å². The highest BCUT2D eigenvalue weighted by molar-refractivity contribution is 6.03. The van der Waals surface area contributed by atoms with E-state index in [4.69, 9.17) is 9.84 Å². The lowest BCUT2D eigenvalue weighted by Crippen LogP contribution is -2.48. The van der Waals surface area contributed by atoms with Crippen LogP contribution >= 0.6 is 0 Å². The summed E-state index contributed by atoms with van der Waals surface area (Å²) in [5.74, 6) is -0.709. The van der Waals surface area contributed by atoms with E-state index in [1.807, 2.05) is 6.07 Å². The number of carboxylic acid groups (broad SMARTS) is 1. The molecule has 0 fully saturated rings. The predicted octanol–water partition coefficient (Wildman–Crippen LogP) is 1.56. The zero-order valence-corrected chi connectivity index (χ0v) is 13.7. The molecule has 1 aliphatic rings. The van der Waals surface area contributed by atoms with Gasteiger partial charge in [-0.2, -0.15) is 0 Å². The standard InChI is InChI=1S/C17H22N2O5/c1-12-17(23)19(13-7-4-5-8-14(13)24-12)11-15(20)18-10-6-2-3-9-16(21)22/h4-5,7-8,12H,2-3,6,9-11H2,1H3,(H,18,20)(H,21,22). The summed E-state index contributed by atoms with van der Waals surface area (Å²) in [6.07, 6.45) is 1.57. The van der Waals surface area contributed by atoms with Gasteiger partial charge in [-0.25, -0.2) is 0 Å². The molecular formula is C17H22N2O5. The molecular weight excluding hydrogens is 312 g/mol. The molecule has 7 heteroatoms. The summed E-state index contributed by atoms with van der Waals surface area (Å²) < 4.78 is 5.53. The average Bonchev–Trinajstić information content (AvgIpc) is 2.54. The van der Waals surface area contributed by atoms with Crippen molar-refractivity contribution < 1.29 is 24.2 Å². The highest BCUT2D eigenvalue weighted by Gasteiger charge is 2.32. The summed E-state index contributed by atoms with van der Waals surface area (Å²) in [7, 11) is 0. The van der Waals surface area contributed by atoms with Crippen molar-refractivity contribution in [1.29, 1.82) is 0 Å². The summed E-state index contributed by atoms with van der Waals surface area (Å²) in [6, 6.07) is 7.12. The molecule has 0 spiro atoms. The summed E-state index contributed by atoms with van der Waals surface area (Å²) in [6.45, 7) is 2.07. The van der Waals surface area contributed by atoms with E-state index in [1.54, 1.807) is 25.1 Å². The Morgan fingerprint density at radius 3 is 2.75 bits per heavy atom. The molecule has 24 heavy (non-hydrogen) atoms. The first-order valence-electron chi connectivity index (χ1n) is 8.04. The van der Waals surface area contributed by atoms with Crippen LogP contribution in [-0.2, 0) is 14.4 Å². The van der Waals surface area contributed by atoms with Gasteiger partial charge >= 0.3 is 5.97 Å². The number of fused-ring (bicyclic) bond motifs is 1. The molecule has 0 aliphatic carbocycles. The molecule has 1 atom stereocenters. The number of carbonyl (C=O) groups is 3. The van der Waals surface area contributed by atoms with E-state index in [1.165, 1.54) is 4.90 Å². The van der Waals surface area contributed by atoms with Crippen molar-refractivity contribution in [3.05, 3.63) is 24.3 Å². The van der Waals surface area contributed by atoms with Gasteiger partial charge in [-0.15, -0.1) is 0 Å². The van der Waals surface area contributed by atoms with E-state index in [-0.39, 0.29) is 24.8 Å². The van der Waals surface area contributed by atoms with Gasteiger partial charge in [-0.3, -0.25) is 19.3 Å². The number of hydrogen-bond donors (Lipinski definition) is 2. The van der Waals surface area contributed by atoms with Crippen LogP contribution < -0.4 is 15.0 Å². The van der Waals surface area contributed by atoms with Crippen LogP contribution in [0.15, 0.2) is 24.3 Å². The number of hydrogen-bond acceptors (Lipinski definition) is 4. The van der Waals surface area contributed by atoms with Crippen molar-refractivity contribution in [2.24, 2.45) is 0 Å². The normalized spacial score (nSPS) is 16.3. The van der Waals surface area contributed by atoms with Crippen LogP contribution in [0.2, 0.25) is 0 Å². The van der Waals surface area contributed by atoms with Crippen molar-refractivity contribution in [2.45, 2.75) is 38.7 Å². The summed E-state index contributed by atoms with van der Waals surface area (Å²) in [4.78, 5) is 36.2. The molecule has 7 nitrogen and oxygen atoms in total. The minimum Gasteiger partial charge on any atom is -0.481 e. The smallest absolute Gasteiger partial charge is 0.303 e. The molecule has 0 aromatic heterocycles. The Bertz CT molecular complexity index is 617. The molecule has 1 aromatic rings. The van der Waals surface area contributed by atoms with Crippen LogP contribution in [0.25, 0.3) is 0 Å². The van der Waals surface area contributed by atoms with E-state index >= 15 is 0 Å². The number of carbonyl (C=O) groups excluding carboxylic acids is 2. The van der Waals surface area contributed by atoms with Crippen molar-refractivity contribution in [3.8, 4) is 5.75 Å². The fraction of sp³-hybridized carbons (Fsp3) is 0.471. The van der Waals surface area contributed by atoms with Gasteiger partial charge in [0, 0.05) is 13.0 Å². The van der Waals surface area contributed by atoms with Crippen LogP contribution in [0.4, 0.5) is 5.69 Å². The molecule has 2 amide bonds. The Morgan fingerprint density at radius 2 is 2.00 bits per heavy atom. The highest BCUT2D eigenvalue weighted by Crippen LogP contribution is 2.33. The molecule has 0 bridgehead atoms. The first-order valence-corrected chi connectivity index (χ1v) is 8.04. The van der Waals surface area contributed by atoms with Gasteiger partial charge in [0.05, 0.1) is 5.69 Å². The van der Waals surface area contributed by atoms with Gasteiger partial charge in [0.1, 0.15) is 12.3 Å². The van der Waals surface area contributed by atoms with Crippen molar-refractivity contribution in [3.63, 3.8) is 0 Å². The van der Waals surface area contributed by atoms with Gasteiger partial charge in [0.25, 0.3) is 5.91 Å². The molecule has 2 rings (SSSR count). The van der Waals surface area contributed by atoms with Gasteiger partial charge in [0.2, 0.25) is 5.91 Å². The maximum Gasteiger partial charge on any atom is 0.303 e. The third kappa shape index (κ3) is 4.71. The fourth-order valence-electron chi connectivity index (χ4n) is 2.53. The number of unbranched alkanes of at least 4 members (excludes halogenated alkanes) is 2. The number of ether oxygens (including phenoxy) is 1. The molecule has 130 valence electrons. The number of carboxylic acids is 1. The number of rotatable bonds is 8. The average molecular weight is 334 g/mol. The monoisotopic (exact) mass is 334 g/mol. The number of benzene rings is 1. The largest absolute Gasteiger partial charge is 0.481 e. The van der Waals surface area contributed by atoms with Crippen LogP contribution in [0.1, 0.15) is 32.6 Å². The zero-order valence-electron chi connectivity index (χ0n) is 13.7. The van der Waals surface area contributed by atoms with Crippen molar-refractivity contribution in [1.82, 2.24) is 5.32 Å². The topological polar surface area (TPSA) is 95.9 Å². The second kappa shape index (κ2) is 8.33. The van der Waals surface area contributed by atoms with Crippen LogP contribution in [-0.4, -0.2) is 42.1 Å². The number of anilines is 1. The maximum atomic E-state index is 12.3. The number of aliphatic carboxylic acids is 1. The minimum atomic E-state index is -0.808. The zero-order chi connectivity index (χ0) is 17.5. The van der Waals surface area contributed by atoms with Crippen molar-refractivity contribution >= 4 is 23.5 Å². The molecule has 1 aromatic carbocycles. The fourth-order valence-corrected chi connectivity index (χ4v) is 2.53. The Labute approximate surface area is 140 Å². The lowest BCUT2D eigenvalue weighted by Gasteiger charge is -2.32. The second-order valence-electron chi connectivity index (χ2n) is 5.71. The molecule has 1 aliphatic heterocycles. The van der Waals surface area contributed by atoms with Gasteiger partial charge in [0.15, 0.2) is 6.10 Å². The van der Waals surface area contributed by atoms with Gasteiger partial charge < -0.3 is 15.2 Å².